The predicted octanol–water partition coefficient (Wildman–Crippen LogP) is 1.74. The summed E-state index contributed by atoms with van der Waals surface area (Å²) in [6.07, 6.45) is 2.62. The number of nitrogens with zero attached hydrogens (tertiary/aromatic N) is 1. The van der Waals surface area contributed by atoms with E-state index in [1.165, 1.54) is 0 Å². The van der Waals surface area contributed by atoms with Gasteiger partial charge in [0.05, 0.1) is 6.42 Å². The third kappa shape index (κ3) is 3.21. The van der Waals surface area contributed by atoms with E-state index in [2.05, 4.69) is 10.5 Å². The lowest BCUT2D eigenvalue weighted by molar-refractivity contribution is -0.142. The molecule has 1 fully saturated rings. The number of amides is 1. The maximum atomic E-state index is 12.0. The van der Waals surface area contributed by atoms with E-state index < -0.39 is 12.0 Å². The van der Waals surface area contributed by atoms with Gasteiger partial charge in [0.2, 0.25) is 5.91 Å². The fraction of sp³-hybridized carbons (Fsp3) is 0.400. The van der Waals surface area contributed by atoms with Gasteiger partial charge in [0.25, 0.3) is 0 Å². The molecule has 2 N–H and O–H groups in total. The lowest BCUT2D eigenvalue weighted by Gasteiger charge is -2.13. The topological polar surface area (TPSA) is 92.4 Å². The minimum Gasteiger partial charge on any atom is -0.480 e. The molecule has 0 saturated heterocycles. The van der Waals surface area contributed by atoms with Crippen LogP contribution in [0.2, 0.25) is 0 Å². The Balaban J connectivity index is 1.66. The predicted molar refractivity (Wildman–Crippen MR) is 74.6 cm³/mol. The Morgan fingerprint density at radius 2 is 2.14 bits per heavy atom. The molecular weight excluding hydrogens is 272 g/mol. The Hall–Kier alpha value is -2.37. The Labute approximate surface area is 121 Å². The number of hydrogen-bond acceptors (Lipinski definition) is 4. The summed E-state index contributed by atoms with van der Waals surface area (Å²) in [4.78, 5) is 23.2. The van der Waals surface area contributed by atoms with Crippen LogP contribution in [0.1, 0.15) is 25.0 Å². The Bertz CT molecular complexity index is 675. The van der Waals surface area contributed by atoms with Crippen molar-refractivity contribution in [3.05, 3.63) is 30.0 Å². The van der Waals surface area contributed by atoms with Crippen molar-refractivity contribution in [2.45, 2.75) is 31.7 Å². The maximum absolute atomic E-state index is 12.0. The van der Waals surface area contributed by atoms with Crippen LogP contribution in [-0.4, -0.2) is 28.2 Å². The number of carboxylic acid groups (broad SMARTS) is 1. The zero-order chi connectivity index (χ0) is 14.8. The first kappa shape index (κ1) is 13.6. The lowest BCUT2D eigenvalue weighted by atomic mass is 10.1. The van der Waals surface area contributed by atoms with Crippen LogP contribution in [0.4, 0.5) is 0 Å². The summed E-state index contributed by atoms with van der Waals surface area (Å²) in [5.74, 6) is -0.901. The van der Waals surface area contributed by atoms with E-state index in [0.717, 1.165) is 18.2 Å². The molecule has 6 nitrogen and oxygen atoms in total. The van der Waals surface area contributed by atoms with Crippen LogP contribution in [0.3, 0.4) is 0 Å². The van der Waals surface area contributed by atoms with Crippen LogP contribution < -0.4 is 5.32 Å². The van der Waals surface area contributed by atoms with Crippen molar-refractivity contribution in [2.75, 3.05) is 0 Å². The van der Waals surface area contributed by atoms with E-state index in [9.17, 15) is 9.59 Å². The number of carbonyl (C=O) groups excluding carboxylic acids is 1. The first-order valence-electron chi connectivity index (χ1n) is 6.99. The molecule has 1 aliphatic rings. The van der Waals surface area contributed by atoms with Gasteiger partial charge in [-0.3, -0.25) is 4.79 Å². The number of aliphatic carboxylic acids is 1. The zero-order valence-electron chi connectivity index (χ0n) is 11.4. The monoisotopic (exact) mass is 288 g/mol. The van der Waals surface area contributed by atoms with E-state index in [1.807, 2.05) is 18.2 Å². The molecule has 1 heterocycles. The Morgan fingerprint density at radius 3 is 2.86 bits per heavy atom. The average molecular weight is 288 g/mol. The van der Waals surface area contributed by atoms with Crippen molar-refractivity contribution >= 4 is 22.8 Å². The summed E-state index contributed by atoms with van der Waals surface area (Å²) in [5.41, 5.74) is 1.15. The van der Waals surface area contributed by atoms with Crippen LogP contribution in [0.25, 0.3) is 11.0 Å². The number of nitrogens with one attached hydrogen (secondary N) is 1. The highest BCUT2D eigenvalue weighted by molar-refractivity contribution is 5.88. The molecule has 1 aliphatic carbocycles. The summed E-state index contributed by atoms with van der Waals surface area (Å²) in [5, 5.41) is 16.4. The molecule has 2 aromatic rings. The number of benzene rings is 1. The third-order valence-electron chi connectivity index (χ3n) is 3.68. The van der Waals surface area contributed by atoms with E-state index in [4.69, 9.17) is 9.63 Å². The molecule has 1 atom stereocenters. The normalized spacial score (nSPS) is 15.8. The molecular formula is C15H16N2O4. The van der Waals surface area contributed by atoms with Gasteiger partial charge >= 0.3 is 5.97 Å². The molecule has 1 aromatic heterocycles. The van der Waals surface area contributed by atoms with Gasteiger partial charge in [-0.25, -0.2) is 4.79 Å². The van der Waals surface area contributed by atoms with Gasteiger partial charge in [-0.05, 0) is 24.5 Å². The van der Waals surface area contributed by atoms with Gasteiger partial charge in [0, 0.05) is 5.39 Å². The van der Waals surface area contributed by atoms with E-state index >= 15 is 0 Å². The van der Waals surface area contributed by atoms with Crippen molar-refractivity contribution in [1.82, 2.24) is 10.5 Å². The van der Waals surface area contributed by atoms with Gasteiger partial charge in [0.1, 0.15) is 11.7 Å². The van der Waals surface area contributed by atoms with Gasteiger partial charge in [-0.15, -0.1) is 0 Å². The minimum atomic E-state index is -0.986. The van der Waals surface area contributed by atoms with Crippen LogP contribution >= 0.6 is 0 Å². The molecule has 0 radical (unpaired) electrons. The first-order valence-corrected chi connectivity index (χ1v) is 6.99. The molecule has 1 aromatic carbocycles. The van der Waals surface area contributed by atoms with Crippen LogP contribution in [0.15, 0.2) is 28.8 Å². The molecule has 21 heavy (non-hydrogen) atoms. The fourth-order valence-corrected chi connectivity index (χ4v) is 2.37. The number of rotatable bonds is 6. The highest BCUT2D eigenvalue weighted by Gasteiger charge is 2.30. The molecule has 1 unspecified atom stereocenters. The molecule has 1 saturated carbocycles. The number of hydrogen-bond donors (Lipinski definition) is 2. The number of fused-ring (bicyclic) bond motifs is 1. The summed E-state index contributed by atoms with van der Waals surface area (Å²) in [7, 11) is 0. The van der Waals surface area contributed by atoms with Crippen LogP contribution in [0, 0.1) is 5.92 Å². The Kier molecular flexibility index (Phi) is 3.60. The van der Waals surface area contributed by atoms with Crippen molar-refractivity contribution in [2.24, 2.45) is 5.92 Å². The van der Waals surface area contributed by atoms with Gasteiger partial charge in [-0.1, -0.05) is 30.1 Å². The standard InChI is InChI=1S/C15H16N2O4/c18-14(16-12(15(19)20)7-9-5-6-9)8-11-10-3-1-2-4-13(10)21-17-11/h1-4,9,12H,5-8H2,(H,16,18)(H,19,20). The van der Waals surface area contributed by atoms with Gasteiger partial charge < -0.3 is 14.9 Å². The minimum absolute atomic E-state index is 0.0193. The zero-order valence-corrected chi connectivity index (χ0v) is 11.4. The molecule has 0 bridgehead atoms. The second-order valence-electron chi connectivity index (χ2n) is 5.44. The van der Waals surface area contributed by atoms with E-state index in [-0.39, 0.29) is 12.3 Å². The fourth-order valence-electron chi connectivity index (χ4n) is 2.37. The number of carbonyl (C=O) groups is 2. The largest absolute Gasteiger partial charge is 0.480 e. The number of carboxylic acids is 1. The summed E-state index contributed by atoms with van der Waals surface area (Å²) < 4.78 is 5.13. The highest BCUT2D eigenvalue weighted by Crippen LogP contribution is 2.33. The first-order chi connectivity index (χ1) is 10.1. The average Bonchev–Trinajstić information content (AvgIpc) is 3.19. The van der Waals surface area contributed by atoms with Gasteiger partial charge in [-0.2, -0.15) is 0 Å². The van der Waals surface area contributed by atoms with Crippen molar-refractivity contribution in [3.63, 3.8) is 0 Å². The van der Waals surface area contributed by atoms with Crippen LogP contribution in [0.5, 0.6) is 0 Å². The Morgan fingerprint density at radius 1 is 1.38 bits per heavy atom. The van der Waals surface area contributed by atoms with Crippen LogP contribution in [-0.2, 0) is 16.0 Å². The SMILES string of the molecule is O=C(Cc1noc2ccccc12)NC(CC1CC1)C(=O)O. The summed E-state index contributed by atoms with van der Waals surface area (Å²) in [6, 6.07) is 6.45. The van der Waals surface area contributed by atoms with Crippen molar-refractivity contribution in [1.29, 1.82) is 0 Å². The quantitative estimate of drug-likeness (QED) is 0.844. The molecule has 110 valence electrons. The van der Waals surface area contributed by atoms with Crippen molar-refractivity contribution in [3.8, 4) is 0 Å². The number of para-hydroxylation sites is 1. The molecule has 0 spiro atoms. The van der Waals surface area contributed by atoms with E-state index in [0.29, 0.717) is 23.6 Å². The van der Waals surface area contributed by atoms with E-state index in [1.54, 1.807) is 6.07 Å². The summed E-state index contributed by atoms with van der Waals surface area (Å²) in [6.45, 7) is 0. The van der Waals surface area contributed by atoms with Gasteiger partial charge in [0.15, 0.2) is 5.58 Å². The molecule has 1 amide bonds. The smallest absolute Gasteiger partial charge is 0.326 e. The second-order valence-corrected chi connectivity index (χ2v) is 5.44. The molecule has 6 heteroatoms. The summed E-state index contributed by atoms with van der Waals surface area (Å²) >= 11 is 0. The number of aromatic nitrogens is 1. The van der Waals surface area contributed by atoms with Crippen molar-refractivity contribution < 1.29 is 19.2 Å². The molecule has 3 rings (SSSR count). The highest BCUT2D eigenvalue weighted by atomic mass is 16.5. The lowest BCUT2D eigenvalue weighted by Crippen LogP contribution is -2.41. The second kappa shape index (κ2) is 5.55. The maximum Gasteiger partial charge on any atom is 0.326 e. The third-order valence-corrected chi connectivity index (χ3v) is 3.68. The molecule has 0 aliphatic heterocycles.